The summed E-state index contributed by atoms with van der Waals surface area (Å²) in [5, 5.41) is 7.11. The number of likely N-dealkylation sites (tertiary alicyclic amines) is 1. The van der Waals surface area contributed by atoms with Crippen LogP contribution in [0.25, 0.3) is 0 Å². The third kappa shape index (κ3) is 10.4. The Kier molecular flexibility index (Phi) is 12.4. The predicted molar refractivity (Wildman–Crippen MR) is 152 cm³/mol. The Morgan fingerprint density at radius 1 is 0.902 bits per heavy atom. The van der Waals surface area contributed by atoms with Gasteiger partial charge in [0, 0.05) is 31.0 Å². The molecule has 4 N–H and O–H groups in total. The van der Waals surface area contributed by atoms with Crippen molar-refractivity contribution in [1.29, 1.82) is 0 Å². The topological polar surface area (TPSA) is 151 Å². The maximum absolute atomic E-state index is 14.5. The first-order chi connectivity index (χ1) is 19.8. The van der Waals surface area contributed by atoms with E-state index >= 15 is 0 Å². The molecule has 1 aliphatic heterocycles. The van der Waals surface area contributed by atoms with Crippen LogP contribution in [0.15, 0.2) is 52.8 Å². The molecule has 1 fully saturated rings. The molecule has 0 saturated carbocycles. The summed E-state index contributed by atoms with van der Waals surface area (Å²) in [6, 6.07) is 11.5. The molecule has 0 aliphatic carbocycles. The fourth-order valence-corrected chi connectivity index (χ4v) is 4.02. The number of nitrogens with zero attached hydrogens (tertiary/aromatic N) is 3. The van der Waals surface area contributed by atoms with Gasteiger partial charge >= 0.3 is 11.9 Å². The predicted octanol–water partition coefficient (Wildman–Crippen LogP) is 3.53. The monoisotopic (exact) mass is 571 g/mol. The second kappa shape index (κ2) is 16.2. The van der Waals surface area contributed by atoms with Crippen molar-refractivity contribution in [3.8, 4) is 11.5 Å². The van der Waals surface area contributed by atoms with Crippen LogP contribution in [-0.4, -0.2) is 61.4 Å². The number of rotatable bonds is 14. The number of piperidine rings is 1. The number of benzene rings is 2. The van der Waals surface area contributed by atoms with E-state index in [9.17, 15) is 14.0 Å². The van der Waals surface area contributed by atoms with Gasteiger partial charge in [0.05, 0.1) is 18.8 Å². The number of amidine groups is 2. The minimum absolute atomic E-state index is 0.0429. The Bertz CT molecular complexity index is 1210. The standard InChI is InChI=1S/C29H38FN5O6/c1-3-26(36)40-33-28(31)21-6-8-22(9-7-21)38-17-5-14-35-15-12-20(13-16-35)19-39-23-10-11-24(25(30)18-23)29(32)34-41-27(37)4-2/h6-11,18,20H,3-5,12-17,19H2,1-2H3,(H2,31,33)(H2,32,34). The molecule has 0 bridgehead atoms. The van der Waals surface area contributed by atoms with E-state index in [1.165, 1.54) is 12.1 Å². The SMILES string of the molecule is CCC(=O)ON=C(N)c1ccc(OCCCN2CCC(COc3ccc(C(N)=NOC(=O)CC)c(F)c3)CC2)cc1. The molecule has 12 heteroatoms. The summed E-state index contributed by atoms with van der Waals surface area (Å²) in [7, 11) is 0. The van der Waals surface area contributed by atoms with E-state index in [4.69, 9.17) is 25.8 Å². The molecule has 1 heterocycles. The quantitative estimate of drug-likeness (QED) is 0.114. The van der Waals surface area contributed by atoms with E-state index in [0.29, 0.717) is 30.4 Å². The third-order valence-electron chi connectivity index (χ3n) is 6.52. The molecule has 1 aliphatic rings. The Hall–Kier alpha value is -4.19. The fraction of sp³-hybridized carbons (Fsp3) is 0.448. The molecule has 11 nitrogen and oxygen atoms in total. The molecule has 0 amide bonds. The van der Waals surface area contributed by atoms with Crippen LogP contribution in [0.1, 0.15) is 57.1 Å². The number of carbonyl (C=O) groups is 2. The van der Waals surface area contributed by atoms with Gasteiger partial charge in [-0.15, -0.1) is 0 Å². The van der Waals surface area contributed by atoms with Gasteiger partial charge in [-0.25, -0.2) is 14.0 Å². The van der Waals surface area contributed by atoms with E-state index in [1.807, 2.05) is 0 Å². The highest BCUT2D eigenvalue weighted by molar-refractivity contribution is 5.98. The molecule has 2 aromatic rings. The van der Waals surface area contributed by atoms with Gasteiger partial charge in [-0.3, -0.25) is 0 Å². The first-order valence-corrected chi connectivity index (χ1v) is 13.7. The Balaban J connectivity index is 1.32. The Morgan fingerprint density at radius 3 is 2.12 bits per heavy atom. The second-order valence-electron chi connectivity index (χ2n) is 9.55. The highest BCUT2D eigenvalue weighted by Gasteiger charge is 2.20. The van der Waals surface area contributed by atoms with Crippen molar-refractivity contribution in [3.05, 3.63) is 59.4 Å². The molecule has 2 aromatic carbocycles. The molecule has 41 heavy (non-hydrogen) atoms. The first kappa shape index (κ1) is 31.3. The number of ether oxygens (including phenoxy) is 2. The van der Waals surface area contributed by atoms with Crippen LogP contribution in [0.5, 0.6) is 11.5 Å². The number of halogens is 1. The highest BCUT2D eigenvalue weighted by Crippen LogP contribution is 2.22. The largest absolute Gasteiger partial charge is 0.494 e. The van der Waals surface area contributed by atoms with Crippen molar-refractivity contribution in [2.75, 3.05) is 32.8 Å². The molecule has 0 spiro atoms. The van der Waals surface area contributed by atoms with Crippen LogP contribution in [0.4, 0.5) is 4.39 Å². The van der Waals surface area contributed by atoms with Crippen LogP contribution in [0, 0.1) is 11.7 Å². The Labute approximate surface area is 239 Å². The van der Waals surface area contributed by atoms with Crippen molar-refractivity contribution < 1.29 is 33.1 Å². The molecule has 0 radical (unpaired) electrons. The summed E-state index contributed by atoms with van der Waals surface area (Å²) in [4.78, 5) is 34.1. The summed E-state index contributed by atoms with van der Waals surface area (Å²) in [6.45, 7) is 7.23. The molecule has 222 valence electrons. The van der Waals surface area contributed by atoms with Crippen LogP contribution in [0.2, 0.25) is 0 Å². The van der Waals surface area contributed by atoms with Gasteiger partial charge in [0.15, 0.2) is 11.7 Å². The maximum Gasteiger partial charge on any atom is 0.334 e. The van der Waals surface area contributed by atoms with Gasteiger partial charge in [-0.1, -0.05) is 24.2 Å². The summed E-state index contributed by atoms with van der Waals surface area (Å²) in [6.07, 6.45) is 3.23. The van der Waals surface area contributed by atoms with E-state index in [1.54, 1.807) is 44.2 Å². The lowest BCUT2D eigenvalue weighted by molar-refractivity contribution is -0.144. The number of oxime groups is 2. The minimum Gasteiger partial charge on any atom is -0.494 e. The van der Waals surface area contributed by atoms with Crippen LogP contribution in [0.3, 0.4) is 0 Å². The average molecular weight is 572 g/mol. The van der Waals surface area contributed by atoms with Crippen LogP contribution < -0.4 is 20.9 Å². The zero-order chi connectivity index (χ0) is 29.6. The van der Waals surface area contributed by atoms with Crippen molar-refractivity contribution in [3.63, 3.8) is 0 Å². The number of carbonyl (C=O) groups excluding carboxylic acids is 2. The van der Waals surface area contributed by atoms with Crippen LogP contribution >= 0.6 is 0 Å². The summed E-state index contributed by atoms with van der Waals surface area (Å²) < 4.78 is 26.1. The normalized spacial score (nSPS) is 14.9. The van der Waals surface area contributed by atoms with E-state index in [-0.39, 0.29) is 30.1 Å². The highest BCUT2D eigenvalue weighted by atomic mass is 19.1. The van der Waals surface area contributed by atoms with Gasteiger partial charge in [0.1, 0.15) is 17.3 Å². The van der Waals surface area contributed by atoms with Crippen molar-refractivity contribution >= 4 is 23.6 Å². The summed E-state index contributed by atoms with van der Waals surface area (Å²) >= 11 is 0. The zero-order valence-corrected chi connectivity index (χ0v) is 23.5. The molecule has 0 atom stereocenters. The van der Waals surface area contributed by atoms with Crippen molar-refractivity contribution in [2.24, 2.45) is 27.7 Å². The maximum atomic E-state index is 14.5. The van der Waals surface area contributed by atoms with Gasteiger partial charge in [-0.05, 0) is 74.7 Å². The molecule has 0 aromatic heterocycles. The molecule has 1 saturated heterocycles. The van der Waals surface area contributed by atoms with Gasteiger partial charge in [0.25, 0.3) is 0 Å². The van der Waals surface area contributed by atoms with Crippen LogP contribution in [-0.2, 0) is 19.3 Å². The lowest BCUT2D eigenvalue weighted by Crippen LogP contribution is -2.36. The van der Waals surface area contributed by atoms with E-state index in [0.717, 1.165) is 44.6 Å². The number of hydrogen-bond acceptors (Lipinski definition) is 9. The molecular formula is C29H38FN5O6. The van der Waals surface area contributed by atoms with E-state index in [2.05, 4.69) is 20.0 Å². The molecule has 0 unspecified atom stereocenters. The fourth-order valence-electron chi connectivity index (χ4n) is 4.02. The minimum atomic E-state index is -0.600. The lowest BCUT2D eigenvalue weighted by atomic mass is 9.97. The number of nitrogens with two attached hydrogens (primary N) is 2. The summed E-state index contributed by atoms with van der Waals surface area (Å²) in [5.74, 6) is -0.174. The van der Waals surface area contributed by atoms with Gasteiger partial charge in [0.2, 0.25) is 0 Å². The smallest absolute Gasteiger partial charge is 0.334 e. The summed E-state index contributed by atoms with van der Waals surface area (Å²) in [5.41, 5.74) is 12.2. The third-order valence-corrected chi connectivity index (χ3v) is 6.52. The van der Waals surface area contributed by atoms with E-state index < -0.39 is 17.8 Å². The Morgan fingerprint density at radius 2 is 1.51 bits per heavy atom. The zero-order valence-electron chi connectivity index (χ0n) is 23.5. The lowest BCUT2D eigenvalue weighted by Gasteiger charge is -2.31. The van der Waals surface area contributed by atoms with Crippen molar-refractivity contribution in [1.82, 2.24) is 4.90 Å². The van der Waals surface area contributed by atoms with Gasteiger partial charge in [-0.2, -0.15) is 0 Å². The average Bonchev–Trinajstić information content (AvgIpc) is 3.00. The second-order valence-corrected chi connectivity index (χ2v) is 9.55. The first-order valence-electron chi connectivity index (χ1n) is 13.7. The number of hydrogen-bond donors (Lipinski definition) is 2. The van der Waals surface area contributed by atoms with Crippen molar-refractivity contribution in [2.45, 2.75) is 46.0 Å². The molecule has 3 rings (SSSR count). The molecular weight excluding hydrogens is 533 g/mol. The van der Waals surface area contributed by atoms with Gasteiger partial charge < -0.3 is 35.5 Å².